The fraction of sp³-hybridized carbons (Fsp3) is 0.267. The largest absolute Gasteiger partial charge is 0.424 e. The molecule has 0 amide bonds. The van der Waals surface area contributed by atoms with E-state index in [4.69, 9.17) is 4.42 Å². The van der Waals surface area contributed by atoms with E-state index in [2.05, 4.69) is 20.5 Å². The van der Waals surface area contributed by atoms with E-state index in [1.165, 1.54) is 18.2 Å². The lowest BCUT2D eigenvalue weighted by molar-refractivity contribution is 0.435. The molecule has 0 aliphatic rings. The number of aromatic nitrogens is 3. The fourth-order valence-corrected chi connectivity index (χ4v) is 2.18. The quantitative estimate of drug-likeness (QED) is 0.752. The molecule has 6 nitrogen and oxygen atoms in total. The first-order valence-corrected chi connectivity index (χ1v) is 6.99. The molecule has 22 heavy (non-hydrogen) atoms. The highest BCUT2D eigenvalue weighted by Gasteiger charge is 2.06. The van der Waals surface area contributed by atoms with E-state index in [0.29, 0.717) is 47.9 Å². The lowest BCUT2D eigenvalue weighted by Crippen LogP contribution is -2.16. The lowest BCUT2D eigenvalue weighted by Gasteiger charge is -2.05. The zero-order chi connectivity index (χ0) is 15.5. The van der Waals surface area contributed by atoms with Crippen LogP contribution < -0.4 is 10.7 Å². The number of halogens is 1. The normalized spacial score (nSPS) is 11.2. The number of H-pyrrole nitrogens is 1. The van der Waals surface area contributed by atoms with Crippen LogP contribution in [0.2, 0.25) is 0 Å². The zero-order valence-electron chi connectivity index (χ0n) is 12.0. The molecule has 0 atom stereocenters. The van der Waals surface area contributed by atoms with Crippen LogP contribution in [0.5, 0.6) is 0 Å². The second kappa shape index (κ2) is 6.07. The molecule has 3 rings (SSSR count). The van der Waals surface area contributed by atoms with E-state index in [0.717, 1.165) is 0 Å². The van der Waals surface area contributed by atoms with E-state index in [1.54, 1.807) is 6.07 Å². The Bertz CT molecular complexity index is 856. The van der Waals surface area contributed by atoms with Gasteiger partial charge in [-0.3, -0.25) is 4.79 Å². The second-order valence-electron chi connectivity index (χ2n) is 4.90. The van der Waals surface area contributed by atoms with Crippen molar-refractivity contribution in [2.45, 2.75) is 26.4 Å². The summed E-state index contributed by atoms with van der Waals surface area (Å²) >= 11 is 0. The van der Waals surface area contributed by atoms with Crippen LogP contribution in [0, 0.1) is 5.82 Å². The predicted molar refractivity (Wildman–Crippen MR) is 78.7 cm³/mol. The van der Waals surface area contributed by atoms with Gasteiger partial charge >= 0.3 is 0 Å². The van der Waals surface area contributed by atoms with Gasteiger partial charge in [-0.25, -0.2) is 4.39 Å². The van der Waals surface area contributed by atoms with Gasteiger partial charge in [0.1, 0.15) is 5.82 Å². The number of rotatable bonds is 5. The summed E-state index contributed by atoms with van der Waals surface area (Å²) in [5, 5.41) is 11.2. The third kappa shape index (κ3) is 3.04. The summed E-state index contributed by atoms with van der Waals surface area (Å²) < 4.78 is 18.5. The third-order valence-electron chi connectivity index (χ3n) is 3.25. The molecule has 2 heterocycles. The molecular weight excluding hydrogens is 287 g/mol. The van der Waals surface area contributed by atoms with Gasteiger partial charge in [-0.15, -0.1) is 10.2 Å². The summed E-state index contributed by atoms with van der Waals surface area (Å²) in [4.78, 5) is 15.1. The minimum absolute atomic E-state index is 0.212. The molecule has 2 N–H and O–H groups in total. The Morgan fingerprint density at radius 3 is 2.82 bits per heavy atom. The Morgan fingerprint density at radius 1 is 1.23 bits per heavy atom. The monoisotopic (exact) mass is 302 g/mol. The van der Waals surface area contributed by atoms with Crippen molar-refractivity contribution in [3.8, 4) is 0 Å². The van der Waals surface area contributed by atoms with Gasteiger partial charge in [-0.1, -0.05) is 6.92 Å². The average molecular weight is 302 g/mol. The van der Waals surface area contributed by atoms with Crippen LogP contribution in [0.25, 0.3) is 10.9 Å². The summed E-state index contributed by atoms with van der Waals surface area (Å²) in [6.07, 6.45) is 0.696. The number of hydrogen-bond acceptors (Lipinski definition) is 5. The Labute approximate surface area is 125 Å². The van der Waals surface area contributed by atoms with Crippen molar-refractivity contribution in [3.63, 3.8) is 0 Å². The van der Waals surface area contributed by atoms with Crippen LogP contribution >= 0.6 is 0 Å². The van der Waals surface area contributed by atoms with Crippen molar-refractivity contribution in [1.29, 1.82) is 0 Å². The number of fused-ring (bicyclic) bond motifs is 1. The Kier molecular flexibility index (Phi) is 3.97. The lowest BCUT2D eigenvalue weighted by atomic mass is 10.2. The van der Waals surface area contributed by atoms with Crippen molar-refractivity contribution in [2.24, 2.45) is 0 Å². The molecule has 0 aliphatic heterocycles. The molecule has 0 saturated carbocycles. The summed E-state index contributed by atoms with van der Waals surface area (Å²) in [6, 6.07) is 5.57. The Hall–Kier alpha value is -2.54. The highest BCUT2D eigenvalue weighted by molar-refractivity contribution is 5.78. The fourth-order valence-electron chi connectivity index (χ4n) is 2.18. The van der Waals surface area contributed by atoms with Crippen LogP contribution in [0.15, 0.2) is 33.5 Å². The Balaban J connectivity index is 1.71. The van der Waals surface area contributed by atoms with Crippen LogP contribution in [0.1, 0.15) is 24.4 Å². The number of nitrogens with zero attached hydrogens (tertiary/aromatic N) is 2. The van der Waals surface area contributed by atoms with Gasteiger partial charge in [0.2, 0.25) is 11.8 Å². The van der Waals surface area contributed by atoms with Crippen LogP contribution in [0.4, 0.5) is 4.39 Å². The van der Waals surface area contributed by atoms with E-state index in [9.17, 15) is 9.18 Å². The standard InChI is InChI=1S/C15H15FN4O2/c1-2-14-19-20-15(22-14)8-17-7-10-6-13(21)11-5-9(16)3-4-12(11)18-10/h3-6,17H,2,7-8H2,1H3,(H,18,21). The van der Waals surface area contributed by atoms with Crippen LogP contribution in [-0.2, 0) is 19.5 Å². The van der Waals surface area contributed by atoms with Crippen molar-refractivity contribution >= 4 is 10.9 Å². The molecule has 114 valence electrons. The molecule has 0 bridgehead atoms. The highest BCUT2D eigenvalue weighted by atomic mass is 19.1. The molecule has 3 aromatic rings. The maximum absolute atomic E-state index is 13.2. The molecular formula is C15H15FN4O2. The summed E-state index contributed by atoms with van der Waals surface area (Å²) in [5.41, 5.74) is 1.10. The molecule has 0 fully saturated rings. The zero-order valence-corrected chi connectivity index (χ0v) is 12.0. The van der Waals surface area contributed by atoms with Crippen molar-refractivity contribution in [1.82, 2.24) is 20.5 Å². The highest BCUT2D eigenvalue weighted by Crippen LogP contribution is 2.10. The summed E-state index contributed by atoms with van der Waals surface area (Å²) in [5.74, 6) is 0.673. The van der Waals surface area contributed by atoms with Gasteiger partial charge < -0.3 is 14.7 Å². The Morgan fingerprint density at radius 2 is 2.05 bits per heavy atom. The van der Waals surface area contributed by atoms with Crippen LogP contribution in [0.3, 0.4) is 0 Å². The number of hydrogen-bond donors (Lipinski definition) is 2. The van der Waals surface area contributed by atoms with Gasteiger partial charge in [0, 0.05) is 35.6 Å². The average Bonchev–Trinajstić information content (AvgIpc) is 2.96. The van der Waals surface area contributed by atoms with E-state index in [1.807, 2.05) is 6.92 Å². The minimum atomic E-state index is -0.424. The van der Waals surface area contributed by atoms with Gasteiger partial charge in [-0.2, -0.15) is 0 Å². The van der Waals surface area contributed by atoms with Crippen molar-refractivity contribution < 1.29 is 8.81 Å². The number of pyridine rings is 1. The predicted octanol–water partition coefficient (Wildman–Crippen LogP) is 1.90. The first kappa shape index (κ1) is 14.4. The molecule has 0 spiro atoms. The van der Waals surface area contributed by atoms with Crippen molar-refractivity contribution in [2.75, 3.05) is 0 Å². The number of nitrogens with one attached hydrogen (secondary N) is 2. The second-order valence-corrected chi connectivity index (χ2v) is 4.90. The number of aromatic amines is 1. The van der Waals surface area contributed by atoms with E-state index in [-0.39, 0.29) is 5.43 Å². The maximum atomic E-state index is 13.2. The molecule has 0 unspecified atom stereocenters. The van der Waals surface area contributed by atoms with Crippen molar-refractivity contribution in [3.05, 3.63) is 57.8 Å². The smallest absolute Gasteiger partial charge is 0.230 e. The van der Waals surface area contributed by atoms with Gasteiger partial charge in [-0.05, 0) is 18.2 Å². The third-order valence-corrected chi connectivity index (χ3v) is 3.25. The van der Waals surface area contributed by atoms with Crippen LogP contribution in [-0.4, -0.2) is 15.2 Å². The maximum Gasteiger partial charge on any atom is 0.230 e. The molecule has 2 aromatic heterocycles. The molecule has 7 heteroatoms. The van der Waals surface area contributed by atoms with E-state index < -0.39 is 5.82 Å². The number of aryl methyl sites for hydroxylation is 1. The van der Waals surface area contributed by atoms with Gasteiger partial charge in [0.05, 0.1) is 6.54 Å². The molecule has 1 aromatic carbocycles. The number of benzene rings is 1. The van der Waals surface area contributed by atoms with E-state index >= 15 is 0 Å². The first-order chi connectivity index (χ1) is 10.7. The summed E-state index contributed by atoms with van der Waals surface area (Å²) in [7, 11) is 0. The molecule has 0 saturated heterocycles. The SMILES string of the molecule is CCc1nnc(CNCc2cc(=O)c3cc(F)ccc3[nH]2)o1. The van der Waals surface area contributed by atoms with Gasteiger partial charge in [0.15, 0.2) is 5.43 Å². The molecule has 0 radical (unpaired) electrons. The minimum Gasteiger partial charge on any atom is -0.424 e. The first-order valence-electron chi connectivity index (χ1n) is 6.99. The summed E-state index contributed by atoms with van der Waals surface area (Å²) in [6.45, 7) is 2.79. The molecule has 0 aliphatic carbocycles. The van der Waals surface area contributed by atoms with Gasteiger partial charge in [0.25, 0.3) is 0 Å². The topological polar surface area (TPSA) is 83.8 Å².